The fourth-order valence-corrected chi connectivity index (χ4v) is 45.7. The summed E-state index contributed by atoms with van der Waals surface area (Å²) in [5.41, 5.74) is 7.80. The van der Waals surface area contributed by atoms with Crippen molar-refractivity contribution in [2.75, 3.05) is 7.11 Å². The summed E-state index contributed by atoms with van der Waals surface area (Å²) in [4.78, 5) is 0. The van der Waals surface area contributed by atoms with E-state index in [4.69, 9.17) is 4.74 Å². The molecule has 0 saturated carbocycles. The zero-order chi connectivity index (χ0) is 27.4. The van der Waals surface area contributed by atoms with Crippen molar-refractivity contribution in [3.8, 4) is 5.75 Å². The molecular formula is C30H55OScSi3. The summed E-state index contributed by atoms with van der Waals surface area (Å²) in [6, 6.07) is 4.91. The van der Waals surface area contributed by atoms with Crippen molar-refractivity contribution in [3.63, 3.8) is 0 Å². The van der Waals surface area contributed by atoms with Gasteiger partial charge < -0.3 is 0 Å². The molecule has 0 fully saturated rings. The first-order valence-corrected chi connectivity index (χ1v) is 27.5. The van der Waals surface area contributed by atoms with Crippen LogP contribution in [0.5, 0.6) is 5.75 Å². The SMILES string of the molecule is COc1c(C(C)(C)C)cc(C)cc1[Si](C)(C)[C]1([Sc]([CH2][Si](C)(C)C)[CH2][Si](C)(C)C)C(C)=CC(C)=C1C. The molecule has 0 heterocycles. The Morgan fingerprint density at radius 2 is 1.31 bits per heavy atom. The van der Waals surface area contributed by atoms with Crippen LogP contribution < -0.4 is 9.92 Å². The van der Waals surface area contributed by atoms with Gasteiger partial charge in [0.15, 0.2) is 0 Å². The van der Waals surface area contributed by atoms with E-state index in [1.165, 1.54) is 16.9 Å². The number of hydrogen-bond donors (Lipinski definition) is 0. The van der Waals surface area contributed by atoms with Gasteiger partial charge in [-0.1, -0.05) is 0 Å². The van der Waals surface area contributed by atoms with Gasteiger partial charge in [-0.15, -0.1) is 0 Å². The molecule has 0 N–H and O–H groups in total. The van der Waals surface area contributed by atoms with Crippen LogP contribution in [-0.4, -0.2) is 31.3 Å². The van der Waals surface area contributed by atoms with Crippen LogP contribution >= 0.6 is 0 Å². The molecule has 1 aliphatic rings. The standard InChI is InChI=1S/C22H33OSi.2C4H11Si.Sc/c1-14-11-18(22(5,6)7)20(23-8)19(12-14)24(9,10)21-16(3)13-15(2)17(21)4;2*1-5(2,3)4;/h11-13H,1-10H3;2*1H2,2-4H3;. The number of hydrogen-bond acceptors (Lipinski definition) is 1. The van der Waals surface area contributed by atoms with Crippen molar-refractivity contribution in [3.05, 3.63) is 46.1 Å². The van der Waals surface area contributed by atoms with E-state index in [0.29, 0.717) is 2.79 Å². The molecule has 5 heteroatoms. The Morgan fingerprint density at radius 3 is 1.66 bits per heavy atom. The zero-order valence-electron chi connectivity index (χ0n) is 26.1. The monoisotopic (exact) mass is 560 g/mol. The van der Waals surface area contributed by atoms with E-state index in [1.807, 2.05) is 7.11 Å². The minimum absolute atomic E-state index is 0.0581. The topological polar surface area (TPSA) is 9.23 Å². The van der Waals surface area contributed by atoms with Crippen LogP contribution in [0.25, 0.3) is 0 Å². The fraction of sp³-hybridized carbons (Fsp3) is 0.667. The molecule has 0 spiro atoms. The fourth-order valence-electron chi connectivity index (χ4n) is 7.34. The Bertz CT molecular complexity index is 1000. The third-order valence-corrected chi connectivity index (χ3v) is 40.8. The predicted molar refractivity (Wildman–Crippen MR) is 165 cm³/mol. The Hall–Kier alpha value is 0.0208. The molecule has 1 aliphatic carbocycles. The molecule has 0 amide bonds. The molecule has 1 aromatic carbocycles. The Balaban J connectivity index is 3.03. The van der Waals surface area contributed by atoms with E-state index in [2.05, 4.69) is 119 Å². The van der Waals surface area contributed by atoms with E-state index in [0.717, 1.165) is 0 Å². The summed E-state index contributed by atoms with van der Waals surface area (Å²) >= 11 is -1.89. The molecule has 0 aliphatic heterocycles. The zero-order valence-corrected chi connectivity index (χ0v) is 30.9. The number of methoxy groups -OCH3 is 1. The van der Waals surface area contributed by atoms with Crippen molar-refractivity contribution in [2.24, 2.45) is 0 Å². The second kappa shape index (κ2) is 10.3. The summed E-state index contributed by atoms with van der Waals surface area (Å²) in [7, 11) is -2.59. The van der Waals surface area contributed by atoms with E-state index < -0.39 is 45.7 Å². The van der Waals surface area contributed by atoms with Crippen molar-refractivity contribution >= 4 is 29.4 Å². The number of rotatable bonds is 8. The summed E-state index contributed by atoms with van der Waals surface area (Å²) in [5.74, 6) is 1.19. The number of aryl methyl sites for hydroxylation is 1. The third-order valence-electron chi connectivity index (χ3n) is 8.47. The van der Waals surface area contributed by atoms with Gasteiger partial charge in [0, 0.05) is 0 Å². The second-order valence-electron chi connectivity index (χ2n) is 15.4. The molecule has 2 rings (SSSR count). The summed E-state index contributed by atoms with van der Waals surface area (Å²) in [6.45, 7) is 37.9. The first-order chi connectivity index (χ1) is 15.6. The van der Waals surface area contributed by atoms with E-state index in [1.54, 1.807) is 29.5 Å². The number of allylic oxidation sites excluding steroid dienone is 4. The predicted octanol–water partition coefficient (Wildman–Crippen LogP) is 9.42. The van der Waals surface area contributed by atoms with E-state index in [-0.39, 0.29) is 5.41 Å². The molecule has 1 aromatic rings. The molecule has 0 radical (unpaired) electrons. The van der Waals surface area contributed by atoms with Crippen LogP contribution in [0.4, 0.5) is 0 Å². The van der Waals surface area contributed by atoms with Crippen molar-refractivity contribution in [2.45, 2.75) is 117 Å². The van der Waals surface area contributed by atoms with Gasteiger partial charge in [-0.3, -0.25) is 0 Å². The van der Waals surface area contributed by atoms with Gasteiger partial charge in [0.2, 0.25) is 0 Å². The molecule has 196 valence electrons. The van der Waals surface area contributed by atoms with Gasteiger partial charge in [0.25, 0.3) is 0 Å². The van der Waals surface area contributed by atoms with Gasteiger partial charge >= 0.3 is 231 Å². The maximum absolute atomic E-state index is 6.37. The molecule has 1 unspecified atom stereocenters. The number of ether oxygens (including phenoxy) is 1. The summed E-state index contributed by atoms with van der Waals surface area (Å²) < 4.78 is 9.85. The van der Waals surface area contributed by atoms with E-state index >= 15 is 0 Å². The van der Waals surface area contributed by atoms with E-state index in [9.17, 15) is 0 Å². The van der Waals surface area contributed by atoms with Crippen LogP contribution in [0.2, 0.25) is 62.8 Å². The normalized spacial score (nSPS) is 19.8. The molecule has 0 bridgehead atoms. The van der Waals surface area contributed by atoms with Gasteiger partial charge in [0.05, 0.1) is 0 Å². The first-order valence-electron chi connectivity index (χ1n) is 13.7. The van der Waals surface area contributed by atoms with Crippen LogP contribution in [-0.2, 0) is 26.9 Å². The van der Waals surface area contributed by atoms with Crippen molar-refractivity contribution < 1.29 is 26.2 Å². The summed E-state index contributed by atoms with van der Waals surface area (Å²) in [5, 5.41) is 1.56. The van der Waals surface area contributed by atoms with Crippen molar-refractivity contribution in [1.82, 2.24) is 0 Å². The molecule has 0 aromatic heterocycles. The molecular weight excluding hydrogens is 506 g/mol. The Morgan fingerprint density at radius 1 is 0.829 bits per heavy atom. The molecule has 35 heavy (non-hydrogen) atoms. The Labute approximate surface area is 229 Å². The molecule has 1 atom stereocenters. The van der Waals surface area contributed by atoms with Gasteiger partial charge in [-0.2, -0.15) is 0 Å². The van der Waals surface area contributed by atoms with Crippen LogP contribution in [0, 0.1) is 6.92 Å². The number of benzene rings is 1. The van der Waals surface area contributed by atoms with Gasteiger partial charge in [-0.25, -0.2) is 0 Å². The first kappa shape index (κ1) is 31.2. The second-order valence-corrected chi connectivity index (χ2v) is 39.3. The quantitative estimate of drug-likeness (QED) is 0.288. The van der Waals surface area contributed by atoms with Crippen LogP contribution in [0.15, 0.2) is 34.9 Å². The van der Waals surface area contributed by atoms with Crippen LogP contribution in [0.3, 0.4) is 0 Å². The average molecular weight is 561 g/mol. The maximum atomic E-state index is 6.37. The molecule has 0 saturated heterocycles. The summed E-state index contributed by atoms with van der Waals surface area (Å²) in [6.07, 6.45) is 2.59. The third kappa shape index (κ3) is 6.20. The Kier molecular flexibility index (Phi) is 9.19. The minimum atomic E-state index is -2.06. The van der Waals surface area contributed by atoms with Gasteiger partial charge in [0.1, 0.15) is 0 Å². The van der Waals surface area contributed by atoms with Crippen LogP contribution in [0.1, 0.15) is 52.7 Å². The van der Waals surface area contributed by atoms with Crippen molar-refractivity contribution in [1.29, 1.82) is 0 Å². The average Bonchev–Trinajstić information content (AvgIpc) is 2.87. The molecule has 1 nitrogen and oxygen atoms in total. The van der Waals surface area contributed by atoms with Gasteiger partial charge in [-0.05, 0) is 0 Å².